The van der Waals surface area contributed by atoms with E-state index in [2.05, 4.69) is 30.5 Å². The van der Waals surface area contributed by atoms with Crippen LogP contribution in [-0.2, 0) is 5.60 Å². The highest BCUT2D eigenvalue weighted by atomic mass is 19.1. The summed E-state index contributed by atoms with van der Waals surface area (Å²) in [5, 5.41) is 16.3. The second-order valence-electron chi connectivity index (χ2n) is 10.1. The van der Waals surface area contributed by atoms with Gasteiger partial charge in [-0.25, -0.2) is 18.7 Å². The van der Waals surface area contributed by atoms with E-state index in [0.29, 0.717) is 17.2 Å². The number of carbonyl (C=O) groups excluding carboxylic acids is 1. The maximum atomic E-state index is 14.9. The topological polar surface area (TPSA) is 108 Å². The fraction of sp³-hybridized carbons (Fsp3) is 0.333. The predicted octanol–water partition coefficient (Wildman–Crippen LogP) is 3.89. The van der Waals surface area contributed by atoms with Crippen LogP contribution in [-0.4, -0.2) is 61.6 Å². The second kappa shape index (κ2) is 10.1. The van der Waals surface area contributed by atoms with Crippen LogP contribution in [0.1, 0.15) is 42.7 Å². The van der Waals surface area contributed by atoms with Crippen molar-refractivity contribution >= 4 is 28.6 Å². The van der Waals surface area contributed by atoms with E-state index in [1.54, 1.807) is 38.1 Å². The molecule has 3 aromatic heterocycles. The van der Waals surface area contributed by atoms with Crippen LogP contribution in [0.4, 0.5) is 20.4 Å². The molecule has 4 aromatic rings. The van der Waals surface area contributed by atoms with E-state index in [1.165, 1.54) is 29.1 Å². The van der Waals surface area contributed by atoms with E-state index >= 15 is 0 Å². The molecule has 1 fully saturated rings. The lowest BCUT2D eigenvalue weighted by molar-refractivity contribution is 0.0738. The van der Waals surface area contributed by atoms with Crippen LogP contribution in [0.5, 0.6) is 0 Å². The molecule has 4 heterocycles. The summed E-state index contributed by atoms with van der Waals surface area (Å²) in [6.07, 6.45) is 4.22. The van der Waals surface area contributed by atoms with Crippen molar-refractivity contribution < 1.29 is 18.7 Å². The molecule has 0 atom stereocenters. The molecule has 5 rings (SSSR count). The van der Waals surface area contributed by atoms with Crippen LogP contribution < -0.4 is 10.6 Å². The Hall–Kier alpha value is -3.96. The average molecular weight is 522 g/mol. The molecular formula is C27H29F2N7O2. The number of pyridine rings is 1. The minimum absolute atomic E-state index is 0.0197. The van der Waals surface area contributed by atoms with Gasteiger partial charge in [-0.3, -0.25) is 9.36 Å². The molecule has 1 amide bonds. The summed E-state index contributed by atoms with van der Waals surface area (Å²) in [4.78, 5) is 27.8. The molecule has 1 saturated heterocycles. The molecule has 1 aliphatic rings. The summed E-state index contributed by atoms with van der Waals surface area (Å²) in [6.45, 7) is 4.99. The van der Waals surface area contributed by atoms with Crippen molar-refractivity contribution in [3.05, 3.63) is 71.7 Å². The number of aromatic nitrogens is 4. The van der Waals surface area contributed by atoms with Crippen LogP contribution in [0.2, 0.25) is 0 Å². The van der Waals surface area contributed by atoms with Crippen LogP contribution in [0.3, 0.4) is 0 Å². The predicted molar refractivity (Wildman–Crippen MR) is 140 cm³/mol. The third-order valence-electron chi connectivity index (χ3n) is 6.63. The highest BCUT2D eigenvalue weighted by Crippen LogP contribution is 2.25. The molecule has 3 N–H and O–H groups in total. The van der Waals surface area contributed by atoms with Gasteiger partial charge in [0.05, 0.1) is 16.6 Å². The zero-order valence-corrected chi connectivity index (χ0v) is 21.4. The first-order valence-corrected chi connectivity index (χ1v) is 12.4. The van der Waals surface area contributed by atoms with E-state index in [0.717, 1.165) is 25.9 Å². The Morgan fingerprint density at radius 2 is 1.87 bits per heavy atom. The summed E-state index contributed by atoms with van der Waals surface area (Å²) in [5.74, 6) is -1.18. The number of anilines is 2. The van der Waals surface area contributed by atoms with Crippen molar-refractivity contribution in [1.82, 2.24) is 29.7 Å². The Bertz CT molecular complexity index is 1490. The van der Waals surface area contributed by atoms with Crippen molar-refractivity contribution in [3.8, 4) is 5.82 Å². The van der Waals surface area contributed by atoms with Gasteiger partial charge in [-0.15, -0.1) is 0 Å². The summed E-state index contributed by atoms with van der Waals surface area (Å²) in [6, 6.07) is 9.26. The third-order valence-corrected chi connectivity index (χ3v) is 6.63. The Kier molecular flexibility index (Phi) is 6.80. The Balaban J connectivity index is 1.37. The van der Waals surface area contributed by atoms with Crippen molar-refractivity contribution in [2.45, 2.75) is 38.3 Å². The van der Waals surface area contributed by atoms with Gasteiger partial charge in [0.25, 0.3) is 5.91 Å². The number of hydrogen-bond donors (Lipinski definition) is 3. The molecule has 198 valence electrons. The van der Waals surface area contributed by atoms with E-state index < -0.39 is 23.1 Å². The summed E-state index contributed by atoms with van der Waals surface area (Å²) in [5.41, 5.74) is -0.229. The molecule has 1 aromatic carbocycles. The molecule has 9 nitrogen and oxygen atoms in total. The van der Waals surface area contributed by atoms with Gasteiger partial charge in [-0.05, 0) is 77.2 Å². The molecule has 38 heavy (non-hydrogen) atoms. The lowest BCUT2D eigenvalue weighted by atomic mass is 10.0. The minimum Gasteiger partial charge on any atom is -0.384 e. The maximum absolute atomic E-state index is 14.9. The van der Waals surface area contributed by atoms with Gasteiger partial charge in [0.1, 0.15) is 17.2 Å². The van der Waals surface area contributed by atoms with Gasteiger partial charge in [-0.2, -0.15) is 4.98 Å². The van der Waals surface area contributed by atoms with Crippen molar-refractivity contribution in [1.29, 1.82) is 0 Å². The first-order valence-electron chi connectivity index (χ1n) is 12.4. The monoisotopic (exact) mass is 521 g/mol. The zero-order chi connectivity index (χ0) is 27.0. The summed E-state index contributed by atoms with van der Waals surface area (Å²) < 4.78 is 31.0. The highest BCUT2D eigenvalue weighted by Gasteiger charge is 2.22. The van der Waals surface area contributed by atoms with Crippen LogP contribution in [0.15, 0.2) is 48.8 Å². The van der Waals surface area contributed by atoms with Gasteiger partial charge in [0.15, 0.2) is 11.5 Å². The number of hydrogen-bond acceptors (Lipinski definition) is 7. The fourth-order valence-electron chi connectivity index (χ4n) is 4.42. The number of benzene rings is 1. The number of piperidine rings is 1. The number of rotatable bonds is 6. The van der Waals surface area contributed by atoms with Crippen molar-refractivity contribution in [2.75, 3.05) is 25.5 Å². The SMILES string of the molecule is CN1CCC(NC(=O)c2ccc(Nc3ncc4c(F)cn(-c5cccc(C(C)(C)O)n5)c4n3)cc2F)CC1. The number of carbonyl (C=O) groups is 1. The quantitative estimate of drug-likeness (QED) is 0.353. The Labute approximate surface area is 218 Å². The summed E-state index contributed by atoms with van der Waals surface area (Å²) >= 11 is 0. The van der Waals surface area contributed by atoms with Crippen LogP contribution in [0, 0.1) is 11.6 Å². The molecule has 0 spiro atoms. The molecule has 1 aliphatic heterocycles. The van der Waals surface area contributed by atoms with Gasteiger partial charge >= 0.3 is 0 Å². The molecular weight excluding hydrogens is 492 g/mol. The van der Waals surface area contributed by atoms with Crippen molar-refractivity contribution in [3.63, 3.8) is 0 Å². The van der Waals surface area contributed by atoms with E-state index in [1.807, 2.05) is 7.05 Å². The number of nitrogens with one attached hydrogen (secondary N) is 2. The zero-order valence-electron chi connectivity index (χ0n) is 21.4. The second-order valence-corrected chi connectivity index (χ2v) is 10.1. The smallest absolute Gasteiger partial charge is 0.254 e. The van der Waals surface area contributed by atoms with Gasteiger partial charge in [-0.1, -0.05) is 6.07 Å². The Morgan fingerprint density at radius 1 is 1.11 bits per heavy atom. The number of nitrogens with zero attached hydrogens (tertiary/aromatic N) is 5. The molecule has 11 heteroatoms. The first-order chi connectivity index (χ1) is 18.1. The number of amides is 1. The molecule has 0 saturated carbocycles. The number of fused-ring (bicyclic) bond motifs is 1. The van der Waals surface area contributed by atoms with Gasteiger partial charge < -0.3 is 20.6 Å². The average Bonchev–Trinajstić information content (AvgIpc) is 3.20. The molecule has 0 unspecified atom stereocenters. The van der Waals surface area contributed by atoms with Crippen molar-refractivity contribution in [2.24, 2.45) is 0 Å². The Morgan fingerprint density at radius 3 is 2.58 bits per heavy atom. The fourth-order valence-corrected chi connectivity index (χ4v) is 4.42. The first kappa shape index (κ1) is 25.7. The normalized spacial score (nSPS) is 15.1. The van der Waals surface area contributed by atoms with Crippen LogP contribution >= 0.6 is 0 Å². The van der Waals surface area contributed by atoms with Gasteiger partial charge in [0, 0.05) is 24.1 Å². The maximum Gasteiger partial charge on any atom is 0.254 e. The molecule has 0 radical (unpaired) electrons. The standard InChI is InChI=1S/C27H29F2N7O2/c1-27(2,38)22-5-4-6-23(33-22)36-15-21(29)19-14-30-26(34-24(19)36)32-17-7-8-18(20(28)13-17)25(37)31-16-9-11-35(3)12-10-16/h4-8,13-16,38H,9-12H2,1-3H3,(H,31,37)(H,30,32,34). The van der Waals surface area contributed by atoms with E-state index in [9.17, 15) is 18.7 Å². The van der Waals surface area contributed by atoms with E-state index in [4.69, 9.17) is 0 Å². The lowest BCUT2D eigenvalue weighted by Gasteiger charge is -2.29. The lowest BCUT2D eigenvalue weighted by Crippen LogP contribution is -2.43. The highest BCUT2D eigenvalue weighted by molar-refractivity contribution is 5.95. The molecule has 0 bridgehead atoms. The largest absolute Gasteiger partial charge is 0.384 e. The minimum atomic E-state index is -1.18. The number of likely N-dealkylation sites (tertiary alicyclic amines) is 1. The number of halogens is 2. The van der Waals surface area contributed by atoms with Crippen LogP contribution in [0.25, 0.3) is 16.9 Å². The number of aliphatic hydroxyl groups is 1. The third kappa shape index (κ3) is 5.34. The molecule has 0 aliphatic carbocycles. The van der Waals surface area contributed by atoms with E-state index in [-0.39, 0.29) is 28.6 Å². The van der Waals surface area contributed by atoms with Gasteiger partial charge in [0.2, 0.25) is 5.95 Å². The summed E-state index contributed by atoms with van der Waals surface area (Å²) in [7, 11) is 2.03.